The molecule has 0 radical (unpaired) electrons. The third-order valence-electron chi connectivity index (χ3n) is 3.60. The second-order valence-electron chi connectivity index (χ2n) is 5.05. The molecular formula is C18H10ClNO2. The summed E-state index contributed by atoms with van der Waals surface area (Å²) in [5, 5.41) is 2.59. The molecule has 0 saturated carbocycles. The average Bonchev–Trinajstić information content (AvgIpc) is 2.96. The van der Waals surface area contributed by atoms with Gasteiger partial charge in [0.05, 0.1) is 11.2 Å². The van der Waals surface area contributed by atoms with Crippen LogP contribution in [0, 0.1) is 0 Å². The molecule has 22 heavy (non-hydrogen) atoms. The zero-order valence-electron chi connectivity index (χ0n) is 11.4. The molecule has 0 bridgehead atoms. The molecule has 0 aliphatic carbocycles. The Kier molecular flexibility index (Phi) is 2.94. The van der Waals surface area contributed by atoms with Crippen LogP contribution >= 0.6 is 11.6 Å². The van der Waals surface area contributed by atoms with Crippen LogP contribution in [0.2, 0.25) is 5.02 Å². The molecule has 0 saturated heterocycles. The van der Waals surface area contributed by atoms with Crippen molar-refractivity contribution < 1.29 is 9.21 Å². The Morgan fingerprint density at radius 1 is 0.955 bits per heavy atom. The molecule has 0 aliphatic heterocycles. The van der Waals surface area contributed by atoms with Crippen molar-refractivity contribution in [3.05, 3.63) is 65.4 Å². The number of fused-ring (bicyclic) bond motifs is 2. The van der Waals surface area contributed by atoms with E-state index in [-0.39, 0.29) is 0 Å². The van der Waals surface area contributed by atoms with Crippen LogP contribution in [0.15, 0.2) is 59.0 Å². The summed E-state index contributed by atoms with van der Waals surface area (Å²) in [5.41, 5.74) is 3.36. The lowest BCUT2D eigenvalue weighted by Gasteiger charge is -2.04. The fraction of sp³-hybridized carbons (Fsp3) is 0. The lowest BCUT2D eigenvalue weighted by Crippen LogP contribution is -1.85. The number of benzene rings is 2. The molecule has 0 amide bonds. The summed E-state index contributed by atoms with van der Waals surface area (Å²) in [6.45, 7) is 0. The minimum absolute atomic E-state index is 0.324. The van der Waals surface area contributed by atoms with Gasteiger partial charge in [-0.2, -0.15) is 0 Å². The van der Waals surface area contributed by atoms with Gasteiger partial charge in [0.1, 0.15) is 5.58 Å². The van der Waals surface area contributed by atoms with Gasteiger partial charge in [-0.15, -0.1) is 0 Å². The van der Waals surface area contributed by atoms with Gasteiger partial charge in [-0.05, 0) is 42.5 Å². The van der Waals surface area contributed by atoms with Crippen molar-refractivity contribution in [1.82, 2.24) is 4.98 Å². The quantitative estimate of drug-likeness (QED) is 0.483. The number of carbonyl (C=O) groups is 1. The first kappa shape index (κ1) is 13.0. The van der Waals surface area contributed by atoms with Crippen LogP contribution < -0.4 is 0 Å². The summed E-state index contributed by atoms with van der Waals surface area (Å²) >= 11 is 6.03. The molecule has 0 spiro atoms. The number of halogens is 1. The van der Waals surface area contributed by atoms with Crippen LogP contribution in [-0.4, -0.2) is 11.3 Å². The smallest absolute Gasteiger partial charge is 0.185 e. The van der Waals surface area contributed by atoms with Crippen molar-refractivity contribution in [1.29, 1.82) is 0 Å². The standard InChI is InChI=1S/C18H10ClNO2/c19-14-4-1-11-2-5-16(20-17(11)9-14)12-3-6-18-13(7-12)8-15(10-21)22-18/h1-10H. The Morgan fingerprint density at radius 3 is 2.68 bits per heavy atom. The second kappa shape index (κ2) is 4.97. The van der Waals surface area contributed by atoms with Crippen molar-refractivity contribution in [2.24, 2.45) is 0 Å². The maximum Gasteiger partial charge on any atom is 0.185 e. The Balaban J connectivity index is 1.88. The SMILES string of the molecule is O=Cc1cc2cc(-c3ccc4ccc(Cl)cc4n3)ccc2o1. The number of nitrogens with zero attached hydrogens (tertiary/aromatic N) is 1. The molecule has 4 heteroatoms. The summed E-state index contributed by atoms with van der Waals surface area (Å²) in [6, 6.07) is 17.1. The van der Waals surface area contributed by atoms with Crippen molar-refractivity contribution in [2.75, 3.05) is 0 Å². The normalized spacial score (nSPS) is 11.1. The summed E-state index contributed by atoms with van der Waals surface area (Å²) in [6.07, 6.45) is 0.704. The van der Waals surface area contributed by atoms with Gasteiger partial charge in [-0.1, -0.05) is 23.7 Å². The number of aldehydes is 1. The maximum atomic E-state index is 10.8. The molecule has 2 aromatic carbocycles. The lowest BCUT2D eigenvalue weighted by molar-refractivity contribution is 0.110. The molecule has 0 fully saturated rings. The van der Waals surface area contributed by atoms with Crippen molar-refractivity contribution in [2.45, 2.75) is 0 Å². The Morgan fingerprint density at radius 2 is 1.82 bits per heavy atom. The number of hydrogen-bond acceptors (Lipinski definition) is 3. The van der Waals surface area contributed by atoms with E-state index in [9.17, 15) is 4.79 Å². The van der Waals surface area contributed by atoms with E-state index in [1.54, 1.807) is 6.07 Å². The molecule has 0 unspecified atom stereocenters. The molecular weight excluding hydrogens is 298 g/mol. The molecule has 106 valence electrons. The number of carbonyl (C=O) groups excluding carboxylic acids is 1. The fourth-order valence-corrected chi connectivity index (χ4v) is 2.70. The van der Waals surface area contributed by atoms with Crippen LogP contribution in [-0.2, 0) is 0 Å². The van der Waals surface area contributed by atoms with Crippen molar-refractivity contribution >= 4 is 39.8 Å². The highest BCUT2D eigenvalue weighted by Crippen LogP contribution is 2.27. The van der Waals surface area contributed by atoms with E-state index in [1.807, 2.05) is 48.5 Å². The van der Waals surface area contributed by atoms with E-state index in [2.05, 4.69) is 4.98 Å². The van der Waals surface area contributed by atoms with E-state index in [4.69, 9.17) is 16.0 Å². The predicted octanol–water partition coefficient (Wildman–Crippen LogP) is 5.11. The van der Waals surface area contributed by atoms with Crippen LogP contribution in [0.1, 0.15) is 10.6 Å². The fourth-order valence-electron chi connectivity index (χ4n) is 2.53. The molecule has 4 aromatic rings. The molecule has 2 aromatic heterocycles. The van der Waals surface area contributed by atoms with E-state index in [0.717, 1.165) is 27.5 Å². The van der Waals surface area contributed by atoms with Gasteiger partial charge in [-0.25, -0.2) is 4.98 Å². The minimum Gasteiger partial charge on any atom is -0.453 e. The van der Waals surface area contributed by atoms with E-state index in [0.29, 0.717) is 22.7 Å². The number of furan rings is 1. The van der Waals surface area contributed by atoms with Gasteiger partial charge in [0.15, 0.2) is 12.0 Å². The van der Waals surface area contributed by atoms with Crippen molar-refractivity contribution in [3.8, 4) is 11.3 Å². The van der Waals surface area contributed by atoms with Gasteiger partial charge in [-0.3, -0.25) is 4.79 Å². The summed E-state index contributed by atoms with van der Waals surface area (Å²) in [7, 11) is 0. The topological polar surface area (TPSA) is 43.1 Å². The molecule has 2 heterocycles. The van der Waals surface area contributed by atoms with Gasteiger partial charge in [0.2, 0.25) is 0 Å². The molecule has 0 N–H and O–H groups in total. The summed E-state index contributed by atoms with van der Waals surface area (Å²) in [5.74, 6) is 0.324. The molecule has 0 atom stereocenters. The van der Waals surface area contributed by atoms with Crippen LogP contribution in [0.4, 0.5) is 0 Å². The van der Waals surface area contributed by atoms with Crippen LogP contribution in [0.5, 0.6) is 0 Å². The third kappa shape index (κ3) is 2.16. The molecule has 3 nitrogen and oxygen atoms in total. The minimum atomic E-state index is 0.324. The van der Waals surface area contributed by atoms with Gasteiger partial charge in [0, 0.05) is 21.4 Å². The van der Waals surface area contributed by atoms with Gasteiger partial charge in [0.25, 0.3) is 0 Å². The third-order valence-corrected chi connectivity index (χ3v) is 3.84. The molecule has 4 rings (SSSR count). The largest absolute Gasteiger partial charge is 0.453 e. The summed E-state index contributed by atoms with van der Waals surface area (Å²) < 4.78 is 5.39. The van der Waals surface area contributed by atoms with Crippen LogP contribution in [0.25, 0.3) is 33.1 Å². The Labute approximate surface area is 131 Å². The Bertz CT molecular complexity index is 1020. The number of hydrogen-bond donors (Lipinski definition) is 0. The van der Waals surface area contributed by atoms with Crippen molar-refractivity contribution in [3.63, 3.8) is 0 Å². The average molecular weight is 308 g/mol. The first-order chi connectivity index (χ1) is 10.7. The highest BCUT2D eigenvalue weighted by molar-refractivity contribution is 6.31. The second-order valence-corrected chi connectivity index (χ2v) is 5.49. The predicted molar refractivity (Wildman–Crippen MR) is 87.3 cm³/mol. The Hall–Kier alpha value is -2.65. The molecule has 0 aliphatic rings. The maximum absolute atomic E-state index is 10.8. The van der Waals surface area contributed by atoms with E-state index < -0.39 is 0 Å². The monoisotopic (exact) mass is 307 g/mol. The summed E-state index contributed by atoms with van der Waals surface area (Å²) in [4.78, 5) is 15.4. The van der Waals surface area contributed by atoms with E-state index >= 15 is 0 Å². The zero-order chi connectivity index (χ0) is 15.1. The number of rotatable bonds is 2. The first-order valence-electron chi connectivity index (χ1n) is 6.78. The zero-order valence-corrected chi connectivity index (χ0v) is 12.2. The first-order valence-corrected chi connectivity index (χ1v) is 7.16. The lowest BCUT2D eigenvalue weighted by atomic mass is 10.1. The van der Waals surface area contributed by atoms with Gasteiger partial charge < -0.3 is 4.42 Å². The van der Waals surface area contributed by atoms with Gasteiger partial charge >= 0.3 is 0 Å². The highest BCUT2D eigenvalue weighted by atomic mass is 35.5. The number of pyridine rings is 1. The van der Waals surface area contributed by atoms with Crippen LogP contribution in [0.3, 0.4) is 0 Å². The van der Waals surface area contributed by atoms with E-state index in [1.165, 1.54) is 0 Å². The highest BCUT2D eigenvalue weighted by Gasteiger charge is 2.07. The number of aromatic nitrogens is 1.